The third kappa shape index (κ3) is 4.58. The molecule has 5 nitrogen and oxygen atoms in total. The first-order chi connectivity index (χ1) is 5.65. The number of hydrogen-bond acceptors (Lipinski definition) is 4. The van der Waals surface area contributed by atoms with Gasteiger partial charge >= 0.3 is 5.97 Å². The summed E-state index contributed by atoms with van der Waals surface area (Å²) in [6.45, 7) is 1.59. The zero-order valence-electron chi connectivity index (χ0n) is 6.70. The first kappa shape index (κ1) is 19.2. The average Bonchev–Trinajstić information content (AvgIpc) is 2.35. The highest BCUT2D eigenvalue weighted by Crippen LogP contribution is 2.12. The summed E-state index contributed by atoms with van der Waals surface area (Å²) in [6, 6.07) is 0. The minimum atomic E-state index is -0.571. The Morgan fingerprint density at radius 3 is 1.93 bits per heavy atom. The lowest BCUT2D eigenvalue weighted by Gasteiger charge is -2.10. The number of hydrogen-bond donors (Lipinski definition) is 0. The second-order valence-corrected chi connectivity index (χ2v) is 2.40. The fourth-order valence-corrected chi connectivity index (χ4v) is 0.824. The van der Waals surface area contributed by atoms with E-state index in [2.05, 4.69) is 4.84 Å². The Labute approximate surface area is 91.3 Å². The van der Waals surface area contributed by atoms with E-state index in [0.717, 1.165) is 0 Å². The van der Waals surface area contributed by atoms with Gasteiger partial charge in [0.25, 0.3) is 11.8 Å². The van der Waals surface area contributed by atoms with Crippen molar-refractivity contribution in [1.82, 2.24) is 5.06 Å². The van der Waals surface area contributed by atoms with Gasteiger partial charge in [-0.2, -0.15) is 0 Å². The van der Waals surface area contributed by atoms with Gasteiger partial charge in [-0.15, -0.1) is 5.06 Å². The Kier molecular flexibility index (Phi) is 10.2. The molecule has 1 saturated heterocycles. The number of carbonyl (C=O) groups excluding carboxylic acids is 3. The number of imide groups is 1. The third-order valence-corrected chi connectivity index (χ3v) is 1.49. The van der Waals surface area contributed by atoms with E-state index in [0.29, 0.717) is 5.06 Å². The topological polar surface area (TPSA) is 63.7 Å². The molecule has 90 valence electrons. The standard InChI is InChI=1S/C7H9NO4.3CH4/c1-2-7(11)12-8-5(9)3-4-6(8)10;;;/h2-4H2,1H3;3*1H4. The predicted molar refractivity (Wildman–Crippen MR) is 57.7 cm³/mol. The summed E-state index contributed by atoms with van der Waals surface area (Å²) < 4.78 is 0. The van der Waals surface area contributed by atoms with Gasteiger partial charge in [-0.05, 0) is 0 Å². The molecule has 0 spiro atoms. The van der Waals surface area contributed by atoms with E-state index in [1.807, 2.05) is 0 Å². The molecule has 1 fully saturated rings. The summed E-state index contributed by atoms with van der Waals surface area (Å²) in [5, 5.41) is 0.547. The van der Waals surface area contributed by atoms with Crippen molar-refractivity contribution >= 4 is 17.8 Å². The maximum absolute atomic E-state index is 10.9. The number of nitrogens with zero attached hydrogens (tertiary/aromatic N) is 1. The smallest absolute Gasteiger partial charge is 0.330 e. The van der Waals surface area contributed by atoms with E-state index in [1.54, 1.807) is 6.92 Å². The van der Waals surface area contributed by atoms with Crippen molar-refractivity contribution in [3.05, 3.63) is 0 Å². The molecule has 1 aliphatic rings. The molecule has 5 heteroatoms. The van der Waals surface area contributed by atoms with Crippen LogP contribution in [-0.2, 0) is 19.2 Å². The molecule has 0 radical (unpaired) electrons. The van der Waals surface area contributed by atoms with Crippen LogP contribution < -0.4 is 0 Å². The summed E-state index contributed by atoms with van der Waals surface area (Å²) in [6.07, 6.45) is 0.419. The van der Waals surface area contributed by atoms with Gasteiger partial charge in [-0.3, -0.25) is 9.59 Å². The number of amides is 2. The van der Waals surface area contributed by atoms with Crippen LogP contribution in [0, 0.1) is 0 Å². The lowest BCUT2D eigenvalue weighted by atomic mass is 10.4. The molecule has 15 heavy (non-hydrogen) atoms. The van der Waals surface area contributed by atoms with Crippen LogP contribution >= 0.6 is 0 Å². The van der Waals surface area contributed by atoms with Gasteiger partial charge in [0.15, 0.2) is 0 Å². The van der Waals surface area contributed by atoms with Crippen molar-refractivity contribution in [1.29, 1.82) is 0 Å². The molecule has 0 bridgehead atoms. The molecule has 0 atom stereocenters. The van der Waals surface area contributed by atoms with E-state index in [-0.39, 0.29) is 41.5 Å². The van der Waals surface area contributed by atoms with Crippen LogP contribution in [0.5, 0.6) is 0 Å². The summed E-state index contributed by atoms with van der Waals surface area (Å²) in [7, 11) is 0. The van der Waals surface area contributed by atoms with E-state index < -0.39 is 17.8 Å². The van der Waals surface area contributed by atoms with E-state index in [9.17, 15) is 14.4 Å². The second-order valence-electron chi connectivity index (χ2n) is 2.40. The van der Waals surface area contributed by atoms with Gasteiger partial charge in [-0.1, -0.05) is 29.2 Å². The predicted octanol–water partition coefficient (Wildman–Crippen LogP) is 1.91. The highest BCUT2D eigenvalue weighted by molar-refractivity contribution is 6.01. The lowest BCUT2D eigenvalue weighted by molar-refractivity contribution is -0.197. The molecule has 1 rings (SSSR count). The normalized spacial score (nSPS) is 13.5. The number of carbonyl (C=O) groups is 3. The molecule has 0 aromatic rings. The largest absolute Gasteiger partial charge is 0.332 e. The Hall–Kier alpha value is -1.39. The van der Waals surface area contributed by atoms with Gasteiger partial charge in [0.2, 0.25) is 0 Å². The van der Waals surface area contributed by atoms with Crippen LogP contribution in [-0.4, -0.2) is 22.8 Å². The van der Waals surface area contributed by atoms with Gasteiger partial charge < -0.3 is 4.84 Å². The SMILES string of the molecule is C.C.C.CCC(=O)ON1C(=O)CCC1=O. The van der Waals surface area contributed by atoms with Crippen molar-refractivity contribution in [3.63, 3.8) is 0 Å². The number of hydroxylamine groups is 2. The summed E-state index contributed by atoms with van der Waals surface area (Å²) in [5.74, 6) is -1.46. The fraction of sp³-hybridized carbons (Fsp3) is 0.700. The third-order valence-electron chi connectivity index (χ3n) is 1.49. The van der Waals surface area contributed by atoms with E-state index >= 15 is 0 Å². The van der Waals surface area contributed by atoms with Gasteiger partial charge in [-0.25, -0.2) is 4.79 Å². The van der Waals surface area contributed by atoms with Gasteiger partial charge in [0.05, 0.1) is 0 Å². The zero-order valence-corrected chi connectivity index (χ0v) is 6.70. The molecule has 0 aromatic heterocycles. The molecule has 0 N–H and O–H groups in total. The summed E-state index contributed by atoms with van der Waals surface area (Å²) in [4.78, 5) is 36.9. The van der Waals surface area contributed by atoms with Crippen molar-refractivity contribution in [2.24, 2.45) is 0 Å². The van der Waals surface area contributed by atoms with Gasteiger partial charge in [0.1, 0.15) is 0 Å². The van der Waals surface area contributed by atoms with E-state index in [4.69, 9.17) is 0 Å². The first-order valence-corrected chi connectivity index (χ1v) is 3.71. The minimum absolute atomic E-state index is 0. The number of rotatable bonds is 2. The molecule has 0 aliphatic carbocycles. The summed E-state index contributed by atoms with van der Waals surface area (Å²) in [5.41, 5.74) is 0. The van der Waals surface area contributed by atoms with Crippen LogP contribution in [0.1, 0.15) is 48.5 Å². The van der Waals surface area contributed by atoms with Crippen LogP contribution in [0.3, 0.4) is 0 Å². The fourth-order valence-electron chi connectivity index (χ4n) is 0.824. The molecule has 0 unspecified atom stereocenters. The van der Waals surface area contributed by atoms with Crippen molar-refractivity contribution < 1.29 is 19.2 Å². The molecule has 1 heterocycles. The first-order valence-electron chi connectivity index (χ1n) is 3.71. The van der Waals surface area contributed by atoms with Crippen molar-refractivity contribution in [2.45, 2.75) is 48.5 Å². The molecule has 1 aliphatic heterocycles. The molecule has 0 saturated carbocycles. The zero-order chi connectivity index (χ0) is 9.14. The van der Waals surface area contributed by atoms with Crippen LogP contribution in [0.25, 0.3) is 0 Å². The molecule has 0 aromatic carbocycles. The Morgan fingerprint density at radius 2 is 1.60 bits per heavy atom. The van der Waals surface area contributed by atoms with Crippen LogP contribution in [0.15, 0.2) is 0 Å². The van der Waals surface area contributed by atoms with E-state index in [1.165, 1.54) is 0 Å². The van der Waals surface area contributed by atoms with Crippen molar-refractivity contribution in [2.75, 3.05) is 0 Å². The van der Waals surface area contributed by atoms with Crippen molar-refractivity contribution in [3.8, 4) is 0 Å². The highest BCUT2D eigenvalue weighted by Gasteiger charge is 2.32. The molecular formula is C10H21NO4. The Balaban J connectivity index is -0.000000480. The van der Waals surface area contributed by atoms with Crippen LogP contribution in [0.2, 0.25) is 0 Å². The van der Waals surface area contributed by atoms with Gasteiger partial charge in [0, 0.05) is 19.3 Å². The quantitative estimate of drug-likeness (QED) is 0.665. The maximum atomic E-state index is 10.9. The Bertz CT molecular complexity index is 222. The molecule has 2 amide bonds. The van der Waals surface area contributed by atoms with Crippen LogP contribution in [0.4, 0.5) is 0 Å². The maximum Gasteiger partial charge on any atom is 0.332 e. The minimum Gasteiger partial charge on any atom is -0.330 e. The monoisotopic (exact) mass is 219 g/mol. The second kappa shape index (κ2) is 7.96. The Morgan fingerprint density at radius 1 is 1.20 bits per heavy atom. The molecular weight excluding hydrogens is 198 g/mol. The highest BCUT2D eigenvalue weighted by atomic mass is 16.7. The lowest BCUT2D eigenvalue weighted by Crippen LogP contribution is -2.31. The average molecular weight is 219 g/mol. The summed E-state index contributed by atoms with van der Waals surface area (Å²) >= 11 is 0.